The number of fused-ring (bicyclic) bond motifs is 2. The van der Waals surface area contributed by atoms with Gasteiger partial charge in [-0.3, -0.25) is 4.79 Å². The van der Waals surface area contributed by atoms with E-state index in [2.05, 4.69) is 34.7 Å². The lowest BCUT2D eigenvalue weighted by Gasteiger charge is -2.25. The number of ether oxygens (including phenoxy) is 1. The van der Waals surface area contributed by atoms with Crippen LogP contribution in [0.2, 0.25) is 0 Å². The van der Waals surface area contributed by atoms with Crippen LogP contribution in [0.1, 0.15) is 50.3 Å². The lowest BCUT2D eigenvalue weighted by Crippen LogP contribution is -2.37. The maximum absolute atomic E-state index is 12.2. The Morgan fingerprint density at radius 3 is 3.00 bits per heavy atom. The number of benzene rings is 1. The molecule has 3 N–H and O–H groups in total. The van der Waals surface area contributed by atoms with Crippen LogP contribution in [0.25, 0.3) is 0 Å². The maximum atomic E-state index is 12.2. The van der Waals surface area contributed by atoms with Crippen molar-refractivity contribution in [1.29, 1.82) is 5.26 Å². The van der Waals surface area contributed by atoms with E-state index in [1.165, 1.54) is 17.4 Å². The van der Waals surface area contributed by atoms with Crippen LogP contribution in [-0.2, 0) is 26.2 Å². The number of nitrogens with one attached hydrogen (secondary N) is 1. The van der Waals surface area contributed by atoms with E-state index in [9.17, 15) is 10.1 Å². The summed E-state index contributed by atoms with van der Waals surface area (Å²) in [6.07, 6.45) is 9.33. The van der Waals surface area contributed by atoms with Gasteiger partial charge in [-0.25, -0.2) is 0 Å². The van der Waals surface area contributed by atoms with Crippen molar-refractivity contribution in [3.63, 3.8) is 0 Å². The van der Waals surface area contributed by atoms with E-state index in [4.69, 9.17) is 15.3 Å². The highest BCUT2D eigenvalue weighted by Gasteiger charge is 2.46. The number of hydrogen-bond donors (Lipinski definition) is 2. The number of amidine groups is 1. The summed E-state index contributed by atoms with van der Waals surface area (Å²) in [5.41, 5.74) is 10.3. The molecule has 0 bridgehead atoms. The molecule has 35 heavy (non-hydrogen) atoms. The first kappa shape index (κ1) is 24.6. The Kier molecular flexibility index (Phi) is 7.27. The summed E-state index contributed by atoms with van der Waals surface area (Å²) in [6.45, 7) is 7.24. The van der Waals surface area contributed by atoms with Crippen molar-refractivity contribution in [2.75, 3.05) is 19.6 Å². The Labute approximate surface area is 206 Å². The molecule has 2 aliphatic heterocycles. The van der Waals surface area contributed by atoms with Crippen LogP contribution >= 0.6 is 0 Å². The zero-order chi connectivity index (χ0) is 25.0. The van der Waals surface area contributed by atoms with E-state index in [0.29, 0.717) is 18.0 Å². The molecule has 1 aromatic carbocycles. The lowest BCUT2D eigenvalue weighted by atomic mass is 9.81. The average molecular weight is 476 g/mol. The topological polar surface area (TPSA) is 113 Å². The summed E-state index contributed by atoms with van der Waals surface area (Å²) < 4.78 is 5.48. The Hall–Kier alpha value is -3.57. The third-order valence-corrected chi connectivity index (χ3v) is 6.83. The van der Waals surface area contributed by atoms with Crippen molar-refractivity contribution in [3.8, 4) is 6.07 Å². The van der Waals surface area contributed by atoms with Crippen LogP contribution < -0.4 is 11.1 Å². The predicted octanol–water partition coefficient (Wildman–Crippen LogP) is 3.00. The molecule has 1 fully saturated rings. The van der Waals surface area contributed by atoms with Gasteiger partial charge in [0.2, 0.25) is 12.1 Å². The number of carbonyl (C=O) groups is 1. The summed E-state index contributed by atoms with van der Waals surface area (Å²) in [5, 5.41) is 17.3. The summed E-state index contributed by atoms with van der Waals surface area (Å²) in [5.74, 6) is 0.686. The number of nitrogens with zero attached hydrogens (tertiary/aromatic N) is 3. The second-order valence-corrected chi connectivity index (χ2v) is 9.47. The second kappa shape index (κ2) is 10.4. The molecule has 2 unspecified atom stereocenters. The van der Waals surface area contributed by atoms with Gasteiger partial charge in [0, 0.05) is 29.6 Å². The maximum Gasteiger partial charge on any atom is 0.236 e. The van der Waals surface area contributed by atoms with Crippen LogP contribution in [0, 0.1) is 11.3 Å². The molecule has 3 aliphatic rings. The molecule has 0 aromatic heterocycles. The van der Waals surface area contributed by atoms with E-state index in [0.717, 1.165) is 36.9 Å². The first-order valence-corrected chi connectivity index (χ1v) is 12.1. The zero-order valence-corrected chi connectivity index (χ0v) is 20.6. The molecule has 8 heteroatoms. The van der Waals surface area contributed by atoms with Gasteiger partial charge in [-0.2, -0.15) is 5.26 Å². The van der Waals surface area contributed by atoms with Crippen molar-refractivity contribution in [2.24, 2.45) is 10.9 Å². The van der Waals surface area contributed by atoms with Crippen LogP contribution in [0.3, 0.4) is 0 Å². The number of carbonyl (C=O) groups excluding carboxylic acids is 1. The van der Waals surface area contributed by atoms with Gasteiger partial charge >= 0.3 is 0 Å². The quantitative estimate of drug-likeness (QED) is 0.356. The van der Waals surface area contributed by atoms with E-state index < -0.39 is 6.23 Å². The van der Waals surface area contributed by atoms with Gasteiger partial charge in [0.15, 0.2) is 5.84 Å². The van der Waals surface area contributed by atoms with Gasteiger partial charge in [0.05, 0.1) is 18.2 Å². The van der Waals surface area contributed by atoms with Gasteiger partial charge in [-0.05, 0) is 57.2 Å². The van der Waals surface area contributed by atoms with Crippen molar-refractivity contribution < 1.29 is 14.4 Å². The minimum absolute atomic E-state index is 0.0115. The van der Waals surface area contributed by atoms with E-state index in [1.54, 1.807) is 6.08 Å². The van der Waals surface area contributed by atoms with Crippen LogP contribution in [-0.4, -0.2) is 48.6 Å². The number of rotatable bonds is 7. The molecule has 0 radical (unpaired) electrons. The Balaban J connectivity index is 1.55. The molecular formula is C27H33N5O3. The fourth-order valence-electron chi connectivity index (χ4n) is 5.15. The highest BCUT2D eigenvalue weighted by molar-refractivity contribution is 6.01. The van der Waals surface area contributed by atoms with Crippen molar-refractivity contribution >= 4 is 11.7 Å². The molecule has 1 spiro atoms. The largest absolute Gasteiger partial charge is 0.497 e. The molecule has 2 atom stereocenters. The molecule has 1 saturated heterocycles. The van der Waals surface area contributed by atoms with Gasteiger partial charge in [0.1, 0.15) is 12.3 Å². The second-order valence-electron chi connectivity index (χ2n) is 9.47. The lowest BCUT2D eigenvalue weighted by molar-refractivity contribution is -0.128. The first-order chi connectivity index (χ1) is 16.9. The third kappa shape index (κ3) is 4.96. The molecule has 1 aromatic rings. The number of nitrogens with two attached hydrogens (primary N) is 1. The summed E-state index contributed by atoms with van der Waals surface area (Å²) in [6, 6.07) is 8.45. The van der Waals surface area contributed by atoms with E-state index in [1.807, 2.05) is 37.8 Å². The van der Waals surface area contributed by atoms with E-state index in [-0.39, 0.29) is 24.0 Å². The standard InChI is InChI=1S/C27H33N5O3/c1-4-6-20(13-19(14-28)16-34-18(2)3)26-30-25(31-35-26)22-7-5-8-23-21(22)9-10-27(23)11-12-32(17-27)24(33)15-29/h4-8,13,16,18,26H,9-12,15,17,29H2,1-3H3,(H,30,31)/b6-4-,19-16-,20-13+. The summed E-state index contributed by atoms with van der Waals surface area (Å²) in [4.78, 5) is 19.8. The average Bonchev–Trinajstić information content (AvgIpc) is 3.60. The highest BCUT2D eigenvalue weighted by Crippen LogP contribution is 2.46. The molecule has 0 saturated carbocycles. The number of allylic oxidation sites excluding steroid dienone is 3. The molecule has 1 aliphatic carbocycles. The smallest absolute Gasteiger partial charge is 0.236 e. The van der Waals surface area contributed by atoms with Gasteiger partial charge in [-0.15, -0.1) is 0 Å². The van der Waals surface area contributed by atoms with Crippen LogP contribution in [0.5, 0.6) is 0 Å². The Morgan fingerprint density at radius 2 is 2.29 bits per heavy atom. The van der Waals surface area contributed by atoms with Gasteiger partial charge < -0.3 is 25.5 Å². The normalized spacial score (nSPS) is 23.9. The van der Waals surface area contributed by atoms with Crippen LogP contribution in [0.4, 0.5) is 0 Å². The third-order valence-electron chi connectivity index (χ3n) is 6.83. The molecule has 4 rings (SSSR count). The van der Waals surface area contributed by atoms with Gasteiger partial charge in [-0.1, -0.05) is 35.5 Å². The fraction of sp³-hybridized carbons (Fsp3) is 0.444. The molecule has 1 amide bonds. The molecule has 8 nitrogen and oxygen atoms in total. The van der Waals surface area contributed by atoms with Gasteiger partial charge in [0.25, 0.3) is 0 Å². The monoisotopic (exact) mass is 475 g/mol. The first-order valence-electron chi connectivity index (χ1n) is 12.1. The van der Waals surface area contributed by atoms with Crippen molar-refractivity contribution in [1.82, 2.24) is 10.2 Å². The number of amides is 1. The molecular weight excluding hydrogens is 442 g/mol. The minimum Gasteiger partial charge on any atom is -0.497 e. The number of hydrogen-bond acceptors (Lipinski definition) is 7. The molecule has 184 valence electrons. The number of likely N-dealkylation sites (tertiary alicyclic amines) is 1. The highest BCUT2D eigenvalue weighted by atomic mass is 16.7. The van der Waals surface area contributed by atoms with Crippen LogP contribution in [0.15, 0.2) is 59.0 Å². The summed E-state index contributed by atoms with van der Waals surface area (Å²) in [7, 11) is 0. The Bertz CT molecular complexity index is 1140. The SMILES string of the molecule is C\C=C/C(=C\C(C#N)=C\OC(C)C)C1NC(c2cccc3c2CCC32CCN(C(=O)CN)C2)=NO1. The molecule has 2 heterocycles. The van der Waals surface area contributed by atoms with Crippen molar-refractivity contribution in [2.45, 2.75) is 57.8 Å². The van der Waals surface area contributed by atoms with E-state index >= 15 is 0 Å². The summed E-state index contributed by atoms with van der Waals surface area (Å²) >= 11 is 0. The zero-order valence-electron chi connectivity index (χ0n) is 20.6. The Morgan fingerprint density at radius 1 is 1.46 bits per heavy atom. The number of nitriles is 1. The minimum atomic E-state index is -0.521. The fourth-order valence-corrected chi connectivity index (χ4v) is 5.15. The predicted molar refractivity (Wildman–Crippen MR) is 134 cm³/mol. The number of oxime groups is 1. The van der Waals surface area contributed by atoms with Crippen molar-refractivity contribution in [3.05, 3.63) is 70.5 Å².